The van der Waals surface area contributed by atoms with Gasteiger partial charge in [-0.3, -0.25) is 4.98 Å². The third-order valence-electron chi connectivity index (χ3n) is 2.80. The quantitative estimate of drug-likeness (QED) is 0.689. The zero-order chi connectivity index (χ0) is 14.5. The number of aromatic nitrogens is 3. The highest BCUT2D eigenvalue weighted by Crippen LogP contribution is 2.17. The summed E-state index contributed by atoms with van der Waals surface area (Å²) in [4.78, 5) is 15.7. The maximum absolute atomic E-state index is 11.8. The van der Waals surface area contributed by atoms with Crippen LogP contribution in [0.4, 0.5) is 0 Å². The second-order valence-corrected chi connectivity index (χ2v) is 4.25. The van der Waals surface area contributed by atoms with Crippen LogP contribution in [0.25, 0.3) is 11.3 Å². The van der Waals surface area contributed by atoms with E-state index in [9.17, 15) is 4.79 Å². The van der Waals surface area contributed by atoms with Crippen LogP contribution in [0.5, 0.6) is 5.88 Å². The van der Waals surface area contributed by atoms with Crippen LogP contribution in [0, 0.1) is 0 Å². The summed E-state index contributed by atoms with van der Waals surface area (Å²) in [6, 6.07) is 16.3. The number of esters is 1. The number of hydrogen-bond donors (Lipinski definition) is 0. The van der Waals surface area contributed by atoms with Crippen LogP contribution in [0.2, 0.25) is 0 Å². The number of nitrogens with zero attached hydrogens (tertiary/aromatic N) is 3. The number of carbonyl (C=O) groups is 1. The minimum atomic E-state index is -0.509. The predicted octanol–water partition coefficient (Wildman–Crippen LogP) is 2.76. The van der Waals surface area contributed by atoms with Crippen molar-refractivity contribution in [2.45, 2.75) is 0 Å². The minimum absolute atomic E-state index is 0.156. The number of ether oxygens (including phenoxy) is 1. The van der Waals surface area contributed by atoms with E-state index in [4.69, 9.17) is 4.74 Å². The van der Waals surface area contributed by atoms with E-state index >= 15 is 0 Å². The molecule has 0 fully saturated rings. The minimum Gasteiger partial charge on any atom is -0.402 e. The molecular weight excluding hydrogens is 266 g/mol. The van der Waals surface area contributed by atoms with E-state index < -0.39 is 5.97 Å². The van der Waals surface area contributed by atoms with Crippen LogP contribution >= 0.6 is 0 Å². The van der Waals surface area contributed by atoms with Gasteiger partial charge in [0.15, 0.2) is 0 Å². The average molecular weight is 277 g/mol. The molecule has 2 heterocycles. The van der Waals surface area contributed by atoms with Gasteiger partial charge in [0.05, 0.1) is 11.3 Å². The first-order valence-corrected chi connectivity index (χ1v) is 6.34. The third kappa shape index (κ3) is 3.09. The number of pyridine rings is 1. The van der Waals surface area contributed by atoms with E-state index in [0.29, 0.717) is 5.56 Å². The summed E-state index contributed by atoms with van der Waals surface area (Å²) in [5.41, 5.74) is 2.04. The summed E-state index contributed by atoms with van der Waals surface area (Å²) < 4.78 is 5.14. The predicted molar refractivity (Wildman–Crippen MR) is 76.7 cm³/mol. The Morgan fingerprint density at radius 1 is 0.905 bits per heavy atom. The van der Waals surface area contributed by atoms with E-state index in [1.807, 2.05) is 30.3 Å². The monoisotopic (exact) mass is 277 g/mol. The molecule has 0 radical (unpaired) electrons. The number of rotatable bonds is 3. The Morgan fingerprint density at radius 2 is 1.76 bits per heavy atom. The van der Waals surface area contributed by atoms with Gasteiger partial charge in [0, 0.05) is 24.0 Å². The number of carbonyl (C=O) groups excluding carboxylic acids is 1. The second kappa shape index (κ2) is 5.92. The molecule has 0 amide bonds. The van der Waals surface area contributed by atoms with Crippen molar-refractivity contribution in [3.63, 3.8) is 0 Å². The Balaban J connectivity index is 1.75. The number of hydrogen-bond acceptors (Lipinski definition) is 5. The zero-order valence-corrected chi connectivity index (χ0v) is 11.0. The normalized spacial score (nSPS) is 10.1. The van der Waals surface area contributed by atoms with Gasteiger partial charge in [-0.05, 0) is 18.2 Å². The van der Waals surface area contributed by atoms with Crippen molar-refractivity contribution in [1.29, 1.82) is 0 Å². The molecule has 0 bridgehead atoms. The van der Waals surface area contributed by atoms with Crippen molar-refractivity contribution in [3.8, 4) is 17.1 Å². The topological polar surface area (TPSA) is 65.0 Å². The smallest absolute Gasteiger partial charge is 0.346 e. The molecule has 5 nitrogen and oxygen atoms in total. The van der Waals surface area contributed by atoms with Crippen LogP contribution in [-0.2, 0) is 0 Å². The summed E-state index contributed by atoms with van der Waals surface area (Å²) in [7, 11) is 0. The molecule has 0 unspecified atom stereocenters. The fraction of sp³-hybridized carbons (Fsp3) is 0. The number of benzene rings is 1. The summed E-state index contributed by atoms with van der Waals surface area (Å²) in [6.07, 6.45) is 3.03. The van der Waals surface area contributed by atoms with Crippen molar-refractivity contribution in [2.24, 2.45) is 0 Å². The molecule has 0 saturated heterocycles. The summed E-state index contributed by atoms with van der Waals surface area (Å²) in [6.45, 7) is 0. The first-order chi connectivity index (χ1) is 10.3. The molecule has 0 spiro atoms. The highest BCUT2D eigenvalue weighted by Gasteiger charge is 2.09. The van der Waals surface area contributed by atoms with E-state index in [1.165, 1.54) is 6.20 Å². The lowest BCUT2D eigenvalue weighted by atomic mass is 10.1. The Bertz CT molecular complexity index is 728. The molecule has 3 aromatic rings. The molecule has 5 heteroatoms. The molecule has 2 aromatic heterocycles. The molecular formula is C16H11N3O2. The van der Waals surface area contributed by atoms with Gasteiger partial charge in [0.1, 0.15) is 0 Å². The van der Waals surface area contributed by atoms with Crippen molar-refractivity contribution >= 4 is 5.97 Å². The zero-order valence-electron chi connectivity index (χ0n) is 11.0. The first-order valence-electron chi connectivity index (χ1n) is 6.34. The van der Waals surface area contributed by atoms with Gasteiger partial charge in [-0.1, -0.05) is 30.3 Å². The Labute approximate surface area is 121 Å². The van der Waals surface area contributed by atoms with Gasteiger partial charge in [0.2, 0.25) is 5.88 Å². The van der Waals surface area contributed by atoms with E-state index in [1.54, 1.807) is 30.5 Å². The van der Waals surface area contributed by atoms with Crippen molar-refractivity contribution in [1.82, 2.24) is 15.2 Å². The molecule has 3 rings (SSSR count). The molecule has 102 valence electrons. The fourth-order valence-electron chi connectivity index (χ4n) is 1.77. The van der Waals surface area contributed by atoms with Crippen LogP contribution in [0.3, 0.4) is 0 Å². The lowest BCUT2D eigenvalue weighted by molar-refractivity contribution is 0.0725. The third-order valence-corrected chi connectivity index (χ3v) is 2.80. The maximum Gasteiger partial charge on any atom is 0.346 e. The van der Waals surface area contributed by atoms with Crippen molar-refractivity contribution in [2.75, 3.05) is 0 Å². The first kappa shape index (κ1) is 12.9. The molecule has 0 aliphatic rings. The van der Waals surface area contributed by atoms with Crippen LogP contribution in [0.15, 0.2) is 67.0 Å². The molecule has 1 aromatic carbocycles. The van der Waals surface area contributed by atoms with Crippen LogP contribution in [0.1, 0.15) is 10.4 Å². The van der Waals surface area contributed by atoms with Gasteiger partial charge in [-0.2, -0.15) is 0 Å². The SMILES string of the molecule is O=C(Oc1ccc(-c2ccccc2)nn1)c1cccnc1. The standard InChI is InChI=1S/C16H11N3O2/c20-16(13-7-4-10-17-11-13)21-15-9-8-14(18-19-15)12-5-2-1-3-6-12/h1-11H. The molecule has 0 saturated carbocycles. The summed E-state index contributed by atoms with van der Waals surface area (Å²) >= 11 is 0. The molecule has 0 aliphatic heterocycles. The van der Waals surface area contributed by atoms with Crippen molar-refractivity contribution in [3.05, 3.63) is 72.6 Å². The van der Waals surface area contributed by atoms with Gasteiger partial charge >= 0.3 is 5.97 Å². The summed E-state index contributed by atoms with van der Waals surface area (Å²) in [5, 5.41) is 7.96. The molecule has 0 aliphatic carbocycles. The summed E-state index contributed by atoms with van der Waals surface area (Å²) in [5.74, 6) is -0.353. The lowest BCUT2D eigenvalue weighted by Gasteiger charge is -2.03. The van der Waals surface area contributed by atoms with E-state index in [2.05, 4.69) is 15.2 Å². The van der Waals surface area contributed by atoms with Crippen LogP contribution < -0.4 is 4.74 Å². The largest absolute Gasteiger partial charge is 0.402 e. The van der Waals surface area contributed by atoms with E-state index in [0.717, 1.165) is 11.3 Å². The fourth-order valence-corrected chi connectivity index (χ4v) is 1.77. The van der Waals surface area contributed by atoms with Crippen molar-refractivity contribution < 1.29 is 9.53 Å². The molecule has 0 N–H and O–H groups in total. The molecule has 21 heavy (non-hydrogen) atoms. The Morgan fingerprint density at radius 3 is 2.43 bits per heavy atom. The Kier molecular flexibility index (Phi) is 3.64. The maximum atomic E-state index is 11.8. The highest BCUT2D eigenvalue weighted by molar-refractivity contribution is 5.90. The van der Waals surface area contributed by atoms with Crippen LogP contribution in [-0.4, -0.2) is 21.2 Å². The average Bonchev–Trinajstić information content (AvgIpc) is 2.57. The second-order valence-electron chi connectivity index (χ2n) is 4.25. The Hall–Kier alpha value is -3.08. The lowest BCUT2D eigenvalue weighted by Crippen LogP contribution is -2.10. The van der Waals surface area contributed by atoms with Gasteiger partial charge in [-0.15, -0.1) is 10.2 Å². The van der Waals surface area contributed by atoms with E-state index in [-0.39, 0.29) is 5.88 Å². The van der Waals surface area contributed by atoms with Gasteiger partial charge < -0.3 is 4.74 Å². The van der Waals surface area contributed by atoms with Gasteiger partial charge in [-0.25, -0.2) is 4.79 Å². The highest BCUT2D eigenvalue weighted by atomic mass is 16.5. The van der Waals surface area contributed by atoms with Gasteiger partial charge in [0.25, 0.3) is 0 Å². The molecule has 0 atom stereocenters.